The van der Waals surface area contributed by atoms with E-state index in [2.05, 4.69) is 4.98 Å². The number of hydrogen-bond donors (Lipinski definition) is 0. The van der Waals surface area contributed by atoms with E-state index in [1.165, 1.54) is 0 Å². The zero-order valence-electron chi connectivity index (χ0n) is 16.5. The van der Waals surface area contributed by atoms with Crippen molar-refractivity contribution in [2.75, 3.05) is 24.5 Å². The number of aromatic nitrogens is 1. The van der Waals surface area contributed by atoms with Crippen LogP contribution >= 0.6 is 0 Å². The van der Waals surface area contributed by atoms with Crippen molar-refractivity contribution >= 4 is 28.4 Å². The summed E-state index contributed by atoms with van der Waals surface area (Å²) >= 11 is 0. The normalized spacial score (nSPS) is 21.5. The molecule has 1 atom stereocenters. The SMILES string of the molecule is Cc1cccc(N2CC3(CCN(C(=O)c4ccc5ccccc5n4)C3)CC2=O)c1. The zero-order chi connectivity index (χ0) is 20.0. The predicted molar refractivity (Wildman–Crippen MR) is 113 cm³/mol. The average Bonchev–Trinajstić information content (AvgIpc) is 3.29. The van der Waals surface area contributed by atoms with E-state index in [0.717, 1.165) is 28.6 Å². The minimum atomic E-state index is -0.159. The van der Waals surface area contributed by atoms with Crippen LogP contribution in [0.2, 0.25) is 0 Å². The smallest absolute Gasteiger partial charge is 0.272 e. The number of anilines is 1. The van der Waals surface area contributed by atoms with Gasteiger partial charge in [0.05, 0.1) is 5.52 Å². The molecule has 0 aliphatic carbocycles. The lowest BCUT2D eigenvalue weighted by Crippen LogP contribution is -2.34. The van der Waals surface area contributed by atoms with Gasteiger partial charge in [0, 0.05) is 42.5 Å². The summed E-state index contributed by atoms with van der Waals surface area (Å²) in [5.41, 5.74) is 3.23. The lowest BCUT2D eigenvalue weighted by molar-refractivity contribution is -0.117. The van der Waals surface area contributed by atoms with Crippen LogP contribution in [0.3, 0.4) is 0 Å². The van der Waals surface area contributed by atoms with E-state index in [1.54, 1.807) is 6.07 Å². The number of rotatable bonds is 2. The van der Waals surface area contributed by atoms with Crippen LogP contribution in [0.1, 0.15) is 28.9 Å². The molecule has 146 valence electrons. The summed E-state index contributed by atoms with van der Waals surface area (Å²) in [5, 5.41) is 1.03. The van der Waals surface area contributed by atoms with Crippen molar-refractivity contribution in [2.45, 2.75) is 19.8 Å². The highest BCUT2D eigenvalue weighted by molar-refractivity contribution is 5.98. The zero-order valence-corrected chi connectivity index (χ0v) is 16.5. The van der Waals surface area contributed by atoms with Crippen LogP contribution < -0.4 is 4.90 Å². The fourth-order valence-corrected chi connectivity index (χ4v) is 4.66. The predicted octanol–water partition coefficient (Wildman–Crippen LogP) is 3.81. The maximum Gasteiger partial charge on any atom is 0.272 e. The number of amides is 2. The number of aryl methyl sites for hydroxylation is 1. The number of likely N-dealkylation sites (tertiary alicyclic amines) is 1. The van der Waals surface area contributed by atoms with Gasteiger partial charge in [0.25, 0.3) is 5.91 Å². The monoisotopic (exact) mass is 385 g/mol. The molecule has 2 fully saturated rings. The van der Waals surface area contributed by atoms with E-state index < -0.39 is 0 Å². The minimum absolute atomic E-state index is 0.0471. The quantitative estimate of drug-likeness (QED) is 0.674. The molecule has 2 aliphatic rings. The molecular formula is C24H23N3O2. The number of para-hydroxylation sites is 1. The van der Waals surface area contributed by atoms with Crippen molar-refractivity contribution in [3.63, 3.8) is 0 Å². The van der Waals surface area contributed by atoms with Crippen LogP contribution in [0.25, 0.3) is 10.9 Å². The Morgan fingerprint density at radius 3 is 2.76 bits per heavy atom. The van der Waals surface area contributed by atoms with Crippen molar-refractivity contribution in [1.29, 1.82) is 0 Å². The molecule has 5 heteroatoms. The summed E-state index contributed by atoms with van der Waals surface area (Å²) in [6.45, 7) is 3.98. The molecule has 5 rings (SSSR count). The van der Waals surface area contributed by atoms with Crippen LogP contribution in [0.5, 0.6) is 0 Å². The Morgan fingerprint density at radius 2 is 1.90 bits per heavy atom. The molecule has 1 spiro atoms. The van der Waals surface area contributed by atoms with E-state index in [-0.39, 0.29) is 17.2 Å². The number of hydrogen-bond acceptors (Lipinski definition) is 3. The van der Waals surface area contributed by atoms with Crippen molar-refractivity contribution in [3.05, 3.63) is 71.9 Å². The highest BCUT2D eigenvalue weighted by Crippen LogP contribution is 2.42. The van der Waals surface area contributed by atoms with Crippen LogP contribution in [-0.4, -0.2) is 41.3 Å². The van der Waals surface area contributed by atoms with Crippen molar-refractivity contribution in [2.24, 2.45) is 5.41 Å². The first-order valence-electron chi connectivity index (χ1n) is 10.1. The molecule has 0 bridgehead atoms. The number of carbonyl (C=O) groups excluding carboxylic acids is 2. The van der Waals surface area contributed by atoms with Crippen molar-refractivity contribution in [1.82, 2.24) is 9.88 Å². The molecule has 5 nitrogen and oxygen atoms in total. The molecule has 2 aliphatic heterocycles. The van der Waals surface area contributed by atoms with Gasteiger partial charge in [-0.15, -0.1) is 0 Å². The standard InChI is InChI=1S/C24H23N3O2/c1-17-5-4-7-19(13-17)27-16-24(14-22(27)28)11-12-26(15-24)23(29)21-10-9-18-6-2-3-8-20(18)25-21/h2-10,13H,11-12,14-16H2,1H3. The average molecular weight is 385 g/mol. The van der Waals surface area contributed by atoms with Crippen LogP contribution in [0, 0.1) is 12.3 Å². The van der Waals surface area contributed by atoms with Gasteiger partial charge in [-0.05, 0) is 43.2 Å². The Bertz CT molecular complexity index is 1130. The van der Waals surface area contributed by atoms with Gasteiger partial charge in [-0.25, -0.2) is 4.98 Å². The molecule has 0 N–H and O–H groups in total. The summed E-state index contributed by atoms with van der Waals surface area (Å²) in [6, 6.07) is 19.6. The lowest BCUT2D eigenvalue weighted by atomic mass is 9.86. The first kappa shape index (κ1) is 17.9. The Hall–Kier alpha value is -3.21. The Morgan fingerprint density at radius 1 is 1.03 bits per heavy atom. The maximum absolute atomic E-state index is 13.1. The Kier molecular flexibility index (Phi) is 4.12. The number of carbonyl (C=O) groups is 2. The molecule has 29 heavy (non-hydrogen) atoms. The molecular weight excluding hydrogens is 362 g/mol. The molecule has 1 unspecified atom stereocenters. The first-order valence-corrected chi connectivity index (χ1v) is 10.1. The van der Waals surface area contributed by atoms with Gasteiger partial charge in [0.15, 0.2) is 0 Å². The van der Waals surface area contributed by atoms with Gasteiger partial charge in [0.2, 0.25) is 5.91 Å². The highest BCUT2D eigenvalue weighted by Gasteiger charge is 2.49. The van der Waals surface area contributed by atoms with Gasteiger partial charge in [-0.1, -0.05) is 36.4 Å². The molecule has 2 amide bonds. The molecule has 1 aromatic heterocycles. The van der Waals surface area contributed by atoms with Crippen LogP contribution in [-0.2, 0) is 4.79 Å². The summed E-state index contributed by atoms with van der Waals surface area (Å²) in [5.74, 6) is 0.0998. The third kappa shape index (κ3) is 3.16. The Labute approximate surface area is 170 Å². The highest BCUT2D eigenvalue weighted by atomic mass is 16.2. The van der Waals surface area contributed by atoms with Crippen molar-refractivity contribution < 1.29 is 9.59 Å². The third-order valence-electron chi connectivity index (χ3n) is 6.18. The van der Waals surface area contributed by atoms with Crippen molar-refractivity contribution in [3.8, 4) is 0 Å². The minimum Gasteiger partial charge on any atom is -0.337 e. The fraction of sp³-hybridized carbons (Fsp3) is 0.292. The number of pyridine rings is 1. The van der Waals surface area contributed by atoms with Crippen LogP contribution in [0.4, 0.5) is 5.69 Å². The topological polar surface area (TPSA) is 53.5 Å². The molecule has 0 radical (unpaired) electrons. The van der Waals surface area contributed by atoms with E-state index in [4.69, 9.17) is 0 Å². The molecule has 3 heterocycles. The van der Waals surface area contributed by atoms with E-state index >= 15 is 0 Å². The number of fused-ring (bicyclic) bond motifs is 1. The second-order valence-electron chi connectivity index (χ2n) is 8.36. The van der Waals surface area contributed by atoms with Gasteiger partial charge in [0.1, 0.15) is 5.69 Å². The van der Waals surface area contributed by atoms with E-state index in [0.29, 0.717) is 31.7 Å². The van der Waals surface area contributed by atoms with Gasteiger partial charge < -0.3 is 9.80 Å². The van der Waals surface area contributed by atoms with E-state index in [9.17, 15) is 9.59 Å². The second kappa shape index (κ2) is 6.69. The van der Waals surface area contributed by atoms with Gasteiger partial charge in [-0.2, -0.15) is 0 Å². The summed E-state index contributed by atoms with van der Waals surface area (Å²) in [6.07, 6.45) is 1.34. The number of nitrogens with zero attached hydrogens (tertiary/aromatic N) is 3. The molecule has 3 aromatic rings. The third-order valence-corrected chi connectivity index (χ3v) is 6.18. The fourth-order valence-electron chi connectivity index (χ4n) is 4.66. The largest absolute Gasteiger partial charge is 0.337 e. The van der Waals surface area contributed by atoms with Gasteiger partial charge >= 0.3 is 0 Å². The lowest BCUT2D eigenvalue weighted by Gasteiger charge is -2.24. The maximum atomic E-state index is 13.1. The molecule has 2 aromatic carbocycles. The summed E-state index contributed by atoms with van der Waals surface area (Å²) < 4.78 is 0. The second-order valence-corrected chi connectivity index (χ2v) is 8.36. The molecule has 0 saturated carbocycles. The van der Waals surface area contributed by atoms with Crippen LogP contribution in [0.15, 0.2) is 60.7 Å². The molecule has 2 saturated heterocycles. The first-order chi connectivity index (χ1) is 14.0. The van der Waals surface area contributed by atoms with E-state index in [1.807, 2.05) is 71.3 Å². The van der Waals surface area contributed by atoms with Gasteiger partial charge in [-0.3, -0.25) is 9.59 Å². The summed E-state index contributed by atoms with van der Waals surface area (Å²) in [7, 11) is 0. The summed E-state index contributed by atoms with van der Waals surface area (Å²) in [4.78, 5) is 34.1. The number of benzene rings is 2. The Balaban J connectivity index is 1.35.